The topological polar surface area (TPSA) is 72.6 Å². The average Bonchev–Trinajstić information content (AvgIpc) is 3.21. The van der Waals surface area contributed by atoms with E-state index in [9.17, 15) is 4.79 Å². The number of carboxylic acids is 1. The van der Waals surface area contributed by atoms with Crippen LogP contribution in [-0.4, -0.2) is 16.1 Å². The molecule has 0 bridgehead atoms. The standard InChI is InChI=1S/C16H17NO4/c1-10-14(17-16(21-10)12-5-6-12)9-20-13-4-2-3-11(7-13)8-15(18)19/h2-4,7,12H,5-6,8-9H2,1H3,(H,18,19). The molecular weight excluding hydrogens is 270 g/mol. The van der Waals surface area contributed by atoms with Gasteiger partial charge in [0.25, 0.3) is 0 Å². The Labute approximate surface area is 122 Å². The molecule has 110 valence electrons. The van der Waals surface area contributed by atoms with E-state index in [-0.39, 0.29) is 6.42 Å². The summed E-state index contributed by atoms with van der Waals surface area (Å²) in [7, 11) is 0. The Morgan fingerprint density at radius 1 is 1.48 bits per heavy atom. The molecule has 0 unspecified atom stereocenters. The van der Waals surface area contributed by atoms with Gasteiger partial charge in [0.05, 0.1) is 6.42 Å². The first kappa shape index (κ1) is 13.7. The molecule has 0 atom stereocenters. The van der Waals surface area contributed by atoms with Crippen molar-refractivity contribution in [1.82, 2.24) is 4.98 Å². The maximum Gasteiger partial charge on any atom is 0.307 e. The van der Waals surface area contributed by atoms with Crippen LogP contribution in [0.3, 0.4) is 0 Å². The molecule has 0 spiro atoms. The minimum absolute atomic E-state index is 0.00792. The number of ether oxygens (including phenoxy) is 1. The summed E-state index contributed by atoms with van der Waals surface area (Å²) < 4.78 is 11.3. The highest BCUT2D eigenvalue weighted by atomic mass is 16.5. The lowest BCUT2D eigenvalue weighted by Crippen LogP contribution is -2.01. The van der Waals surface area contributed by atoms with Crippen molar-refractivity contribution in [3.05, 3.63) is 47.2 Å². The number of hydrogen-bond donors (Lipinski definition) is 1. The van der Waals surface area contributed by atoms with Gasteiger partial charge < -0.3 is 14.3 Å². The van der Waals surface area contributed by atoms with Crippen molar-refractivity contribution >= 4 is 5.97 Å². The minimum atomic E-state index is -0.853. The largest absolute Gasteiger partial charge is 0.487 e. The Morgan fingerprint density at radius 3 is 3.00 bits per heavy atom. The minimum Gasteiger partial charge on any atom is -0.487 e. The van der Waals surface area contributed by atoms with E-state index >= 15 is 0 Å². The molecule has 1 fully saturated rings. The SMILES string of the molecule is Cc1oc(C2CC2)nc1COc1cccc(CC(=O)O)c1. The summed E-state index contributed by atoms with van der Waals surface area (Å²) in [5, 5.41) is 8.80. The normalized spacial score (nSPS) is 14.1. The van der Waals surface area contributed by atoms with Crippen LogP contribution in [0.2, 0.25) is 0 Å². The quantitative estimate of drug-likeness (QED) is 0.884. The van der Waals surface area contributed by atoms with Crippen LogP contribution in [0, 0.1) is 6.92 Å². The number of aromatic nitrogens is 1. The Bertz CT molecular complexity index is 658. The van der Waals surface area contributed by atoms with Crippen molar-refractivity contribution in [1.29, 1.82) is 0 Å². The molecule has 0 radical (unpaired) electrons. The second-order valence-corrected chi connectivity index (χ2v) is 5.34. The van der Waals surface area contributed by atoms with Crippen LogP contribution >= 0.6 is 0 Å². The third-order valence-electron chi connectivity index (χ3n) is 3.47. The lowest BCUT2D eigenvalue weighted by Gasteiger charge is -2.06. The van der Waals surface area contributed by atoms with E-state index in [1.54, 1.807) is 18.2 Å². The second kappa shape index (κ2) is 5.60. The van der Waals surface area contributed by atoms with Gasteiger partial charge in [-0.25, -0.2) is 4.98 Å². The molecule has 1 aliphatic carbocycles. The molecule has 1 saturated carbocycles. The number of aryl methyl sites for hydroxylation is 1. The molecule has 21 heavy (non-hydrogen) atoms. The van der Waals surface area contributed by atoms with E-state index in [1.807, 2.05) is 13.0 Å². The fraction of sp³-hybridized carbons (Fsp3) is 0.375. The predicted octanol–water partition coefficient (Wildman–Crippen LogP) is 3.07. The highest BCUT2D eigenvalue weighted by Crippen LogP contribution is 2.40. The molecule has 1 heterocycles. The second-order valence-electron chi connectivity index (χ2n) is 5.34. The van der Waals surface area contributed by atoms with E-state index in [4.69, 9.17) is 14.3 Å². The zero-order valence-corrected chi connectivity index (χ0v) is 11.8. The summed E-state index contributed by atoms with van der Waals surface area (Å²) in [5.41, 5.74) is 1.52. The first-order valence-corrected chi connectivity index (χ1v) is 7.01. The van der Waals surface area contributed by atoms with Crippen LogP contribution in [0.4, 0.5) is 0 Å². The summed E-state index contributed by atoms with van der Waals surface area (Å²) >= 11 is 0. The molecule has 1 N–H and O–H groups in total. The Balaban J connectivity index is 1.65. The van der Waals surface area contributed by atoms with Crippen LogP contribution < -0.4 is 4.74 Å². The molecule has 3 rings (SSSR count). The summed E-state index contributed by atoms with van der Waals surface area (Å²) in [4.78, 5) is 15.2. The number of oxazole rings is 1. The zero-order chi connectivity index (χ0) is 14.8. The summed E-state index contributed by atoms with van der Waals surface area (Å²) in [6.45, 7) is 2.22. The summed E-state index contributed by atoms with van der Waals surface area (Å²) in [5.74, 6) is 1.87. The number of nitrogens with zero attached hydrogens (tertiary/aromatic N) is 1. The molecule has 0 aliphatic heterocycles. The van der Waals surface area contributed by atoms with Gasteiger partial charge in [0, 0.05) is 5.92 Å². The smallest absolute Gasteiger partial charge is 0.307 e. The van der Waals surface area contributed by atoms with Crippen LogP contribution in [0.15, 0.2) is 28.7 Å². The first-order valence-electron chi connectivity index (χ1n) is 7.01. The van der Waals surface area contributed by atoms with E-state index in [1.165, 1.54) is 0 Å². The predicted molar refractivity (Wildman–Crippen MR) is 75.3 cm³/mol. The van der Waals surface area contributed by atoms with E-state index in [2.05, 4.69) is 4.98 Å². The van der Waals surface area contributed by atoms with Crippen molar-refractivity contribution in [2.75, 3.05) is 0 Å². The fourth-order valence-electron chi connectivity index (χ4n) is 2.16. The maximum absolute atomic E-state index is 10.7. The van der Waals surface area contributed by atoms with E-state index < -0.39 is 5.97 Å². The van der Waals surface area contributed by atoms with Crippen molar-refractivity contribution in [3.63, 3.8) is 0 Å². The van der Waals surface area contributed by atoms with Crippen molar-refractivity contribution < 1.29 is 19.1 Å². The fourth-order valence-corrected chi connectivity index (χ4v) is 2.16. The Kier molecular flexibility index (Phi) is 3.64. The third kappa shape index (κ3) is 3.42. The number of hydrogen-bond acceptors (Lipinski definition) is 4. The number of rotatable bonds is 6. The van der Waals surface area contributed by atoms with Gasteiger partial charge in [-0.3, -0.25) is 4.79 Å². The van der Waals surface area contributed by atoms with Crippen LogP contribution in [0.25, 0.3) is 0 Å². The van der Waals surface area contributed by atoms with Gasteiger partial charge >= 0.3 is 5.97 Å². The van der Waals surface area contributed by atoms with Gasteiger partial charge in [-0.2, -0.15) is 0 Å². The number of aliphatic carboxylic acids is 1. The van der Waals surface area contributed by atoms with Gasteiger partial charge in [-0.15, -0.1) is 0 Å². The van der Waals surface area contributed by atoms with Gasteiger partial charge in [0.2, 0.25) is 0 Å². The van der Waals surface area contributed by atoms with Crippen molar-refractivity contribution in [3.8, 4) is 5.75 Å². The number of benzene rings is 1. The van der Waals surface area contributed by atoms with Crippen LogP contribution in [0.5, 0.6) is 5.75 Å². The number of carboxylic acid groups (broad SMARTS) is 1. The molecule has 5 heteroatoms. The maximum atomic E-state index is 10.7. The monoisotopic (exact) mass is 287 g/mol. The van der Waals surface area contributed by atoms with E-state index in [0.717, 1.165) is 35.7 Å². The van der Waals surface area contributed by atoms with E-state index in [0.29, 0.717) is 18.3 Å². The number of carbonyl (C=O) groups is 1. The molecule has 2 aromatic rings. The molecule has 1 aliphatic rings. The summed E-state index contributed by atoms with van der Waals surface area (Å²) in [6.07, 6.45) is 2.29. The van der Waals surface area contributed by atoms with Gasteiger partial charge in [-0.05, 0) is 37.5 Å². The van der Waals surface area contributed by atoms with Crippen molar-refractivity contribution in [2.24, 2.45) is 0 Å². The highest BCUT2D eigenvalue weighted by molar-refractivity contribution is 5.70. The highest BCUT2D eigenvalue weighted by Gasteiger charge is 2.29. The van der Waals surface area contributed by atoms with Gasteiger partial charge in [0.1, 0.15) is 23.8 Å². The van der Waals surface area contributed by atoms with Crippen LogP contribution in [-0.2, 0) is 17.8 Å². The third-order valence-corrected chi connectivity index (χ3v) is 3.47. The van der Waals surface area contributed by atoms with Crippen LogP contribution in [0.1, 0.15) is 41.7 Å². The molecule has 1 aromatic heterocycles. The molecule has 0 saturated heterocycles. The average molecular weight is 287 g/mol. The first-order chi connectivity index (χ1) is 10.1. The Morgan fingerprint density at radius 2 is 2.29 bits per heavy atom. The van der Waals surface area contributed by atoms with Gasteiger partial charge in [-0.1, -0.05) is 12.1 Å². The van der Waals surface area contributed by atoms with Crippen molar-refractivity contribution in [2.45, 2.75) is 38.7 Å². The molecule has 5 nitrogen and oxygen atoms in total. The summed E-state index contributed by atoms with van der Waals surface area (Å²) in [6, 6.07) is 7.11. The molecule has 0 amide bonds. The molecular formula is C16H17NO4. The lowest BCUT2D eigenvalue weighted by atomic mass is 10.1. The lowest BCUT2D eigenvalue weighted by molar-refractivity contribution is -0.136. The molecule has 1 aromatic carbocycles. The van der Waals surface area contributed by atoms with Gasteiger partial charge in [0.15, 0.2) is 5.89 Å². The Hall–Kier alpha value is -2.30. The zero-order valence-electron chi connectivity index (χ0n) is 11.8.